The largest absolute Gasteiger partial charge is 0.385 e. The summed E-state index contributed by atoms with van der Waals surface area (Å²) in [5.74, 6) is 0.660. The average Bonchev–Trinajstić information content (AvgIpc) is 2.89. The van der Waals surface area contributed by atoms with Crippen LogP contribution in [0.5, 0.6) is 0 Å². The normalized spacial score (nSPS) is 21.7. The van der Waals surface area contributed by atoms with E-state index in [9.17, 15) is 9.90 Å². The molecule has 204 valence electrons. The summed E-state index contributed by atoms with van der Waals surface area (Å²) in [5, 5.41) is 19.5. The highest BCUT2D eigenvalue weighted by molar-refractivity contribution is 6.31. The molecule has 0 spiro atoms. The predicted molar refractivity (Wildman–Crippen MR) is 148 cm³/mol. The fraction of sp³-hybridized carbons (Fsp3) is 0.759. The highest BCUT2D eigenvalue weighted by Crippen LogP contribution is 2.42. The standard InChI is InChI=1S/C29H48ClN3O3/c1-22-26(14-9-15-27(22)30)29(35,16-7-8-18-36-3)24-13-10-17-33(21-24)28(34)32-25(20-31-2)19-23-11-5-4-6-12-23/h9,14-15,23-25,31,35H,4-8,10-13,16-21H2,1-3H3,(H,32,34)/t24?,25-,29+/m0/s1. The number of unbranched alkanes of at least 4 members (excludes halogenated alkanes) is 1. The summed E-state index contributed by atoms with van der Waals surface area (Å²) in [5.41, 5.74) is 0.787. The zero-order chi connectivity index (χ0) is 26.0. The van der Waals surface area contributed by atoms with E-state index in [0.717, 1.165) is 56.3 Å². The minimum atomic E-state index is -1.03. The first kappa shape index (κ1) is 29.2. The third kappa shape index (κ3) is 7.83. The summed E-state index contributed by atoms with van der Waals surface area (Å²) < 4.78 is 5.24. The van der Waals surface area contributed by atoms with Gasteiger partial charge in [-0.3, -0.25) is 0 Å². The maximum atomic E-state index is 13.4. The molecule has 3 rings (SSSR count). The number of hydrogen-bond acceptors (Lipinski definition) is 4. The Kier molecular flexibility index (Phi) is 11.8. The van der Waals surface area contributed by atoms with Crippen LogP contribution in [0.3, 0.4) is 0 Å². The smallest absolute Gasteiger partial charge is 0.317 e. The molecule has 1 aliphatic heterocycles. The van der Waals surface area contributed by atoms with Crippen LogP contribution < -0.4 is 10.6 Å². The number of nitrogens with one attached hydrogen (secondary N) is 2. The number of piperidine rings is 1. The second kappa shape index (κ2) is 14.6. The van der Waals surface area contributed by atoms with Gasteiger partial charge in [-0.25, -0.2) is 4.79 Å². The molecule has 7 heteroatoms. The maximum Gasteiger partial charge on any atom is 0.317 e. The Labute approximate surface area is 223 Å². The van der Waals surface area contributed by atoms with E-state index in [0.29, 0.717) is 30.5 Å². The van der Waals surface area contributed by atoms with Crippen LogP contribution in [-0.2, 0) is 10.3 Å². The fourth-order valence-corrected chi connectivity index (χ4v) is 6.53. The van der Waals surface area contributed by atoms with E-state index in [1.807, 2.05) is 37.1 Å². The number of ether oxygens (including phenoxy) is 1. The zero-order valence-corrected chi connectivity index (χ0v) is 23.4. The summed E-state index contributed by atoms with van der Waals surface area (Å²) in [6, 6.07) is 5.94. The molecule has 0 bridgehead atoms. The topological polar surface area (TPSA) is 73.8 Å². The first-order valence-electron chi connectivity index (χ1n) is 14.1. The van der Waals surface area contributed by atoms with E-state index >= 15 is 0 Å². The van der Waals surface area contributed by atoms with E-state index < -0.39 is 5.60 Å². The zero-order valence-electron chi connectivity index (χ0n) is 22.7. The maximum absolute atomic E-state index is 13.4. The van der Waals surface area contributed by atoms with Gasteiger partial charge in [0.1, 0.15) is 0 Å². The molecule has 0 radical (unpaired) electrons. The highest BCUT2D eigenvalue weighted by Gasteiger charge is 2.42. The van der Waals surface area contributed by atoms with Gasteiger partial charge in [0, 0.05) is 50.3 Å². The van der Waals surface area contributed by atoms with Gasteiger partial charge in [-0.15, -0.1) is 0 Å². The van der Waals surface area contributed by atoms with Crippen molar-refractivity contribution in [1.82, 2.24) is 15.5 Å². The molecule has 1 saturated carbocycles. The van der Waals surface area contributed by atoms with Crippen molar-refractivity contribution in [3.63, 3.8) is 0 Å². The fourth-order valence-electron chi connectivity index (χ4n) is 6.36. The summed E-state index contributed by atoms with van der Waals surface area (Å²) in [7, 11) is 3.66. The van der Waals surface area contributed by atoms with Gasteiger partial charge in [0.05, 0.1) is 5.60 Å². The molecule has 1 heterocycles. The lowest BCUT2D eigenvalue weighted by atomic mass is 9.73. The number of benzene rings is 1. The number of carbonyl (C=O) groups is 1. The van der Waals surface area contributed by atoms with Gasteiger partial charge in [0.2, 0.25) is 0 Å². The molecule has 1 aromatic rings. The monoisotopic (exact) mass is 521 g/mol. The Bertz CT molecular complexity index is 817. The van der Waals surface area contributed by atoms with Gasteiger partial charge in [-0.05, 0) is 75.6 Å². The van der Waals surface area contributed by atoms with Crippen LogP contribution in [0.2, 0.25) is 5.02 Å². The van der Waals surface area contributed by atoms with Gasteiger partial charge in [-0.2, -0.15) is 0 Å². The van der Waals surface area contributed by atoms with E-state index in [2.05, 4.69) is 10.6 Å². The Balaban J connectivity index is 1.72. The minimum Gasteiger partial charge on any atom is -0.385 e. The lowest BCUT2D eigenvalue weighted by Gasteiger charge is -2.44. The summed E-state index contributed by atoms with van der Waals surface area (Å²) in [6.45, 7) is 4.72. The van der Waals surface area contributed by atoms with E-state index in [1.54, 1.807) is 7.11 Å². The first-order chi connectivity index (χ1) is 17.4. The number of likely N-dealkylation sites (N-methyl/N-ethyl adjacent to an activating group) is 1. The lowest BCUT2D eigenvalue weighted by molar-refractivity contribution is -0.0568. The van der Waals surface area contributed by atoms with Gasteiger partial charge in [0.15, 0.2) is 0 Å². The molecule has 1 unspecified atom stereocenters. The lowest BCUT2D eigenvalue weighted by Crippen LogP contribution is -2.54. The number of nitrogens with zero attached hydrogens (tertiary/aromatic N) is 1. The molecule has 2 aliphatic rings. The Hall–Kier alpha value is -1.34. The van der Waals surface area contributed by atoms with E-state index in [4.69, 9.17) is 16.3 Å². The van der Waals surface area contributed by atoms with Crippen LogP contribution in [0.1, 0.15) is 81.8 Å². The SMILES string of the molecule is CNC[C@H](CC1CCCCC1)NC(=O)N1CCCC([C@](O)(CCCCOC)c2cccc(Cl)c2C)C1. The number of hydrogen-bond donors (Lipinski definition) is 3. The molecule has 2 fully saturated rings. The van der Waals surface area contributed by atoms with Crippen LogP contribution in [0.25, 0.3) is 0 Å². The molecule has 36 heavy (non-hydrogen) atoms. The molecule has 1 aromatic carbocycles. The second-order valence-electron chi connectivity index (χ2n) is 11.0. The molecular formula is C29H48ClN3O3. The van der Waals surface area contributed by atoms with Crippen molar-refractivity contribution in [3.8, 4) is 0 Å². The highest BCUT2D eigenvalue weighted by atomic mass is 35.5. The average molecular weight is 522 g/mol. The summed E-state index contributed by atoms with van der Waals surface area (Å²) in [6.07, 6.45) is 11.7. The van der Waals surface area contributed by atoms with Crippen molar-refractivity contribution in [3.05, 3.63) is 34.3 Å². The number of aliphatic hydroxyl groups is 1. The van der Waals surface area contributed by atoms with E-state index in [-0.39, 0.29) is 18.0 Å². The predicted octanol–water partition coefficient (Wildman–Crippen LogP) is 5.63. The second-order valence-corrected chi connectivity index (χ2v) is 11.4. The quantitative estimate of drug-likeness (QED) is 0.311. The molecule has 3 N–H and O–H groups in total. The number of urea groups is 1. The van der Waals surface area contributed by atoms with Crippen molar-refractivity contribution < 1.29 is 14.6 Å². The van der Waals surface area contributed by atoms with Crippen LogP contribution >= 0.6 is 11.6 Å². The molecule has 2 amide bonds. The van der Waals surface area contributed by atoms with Crippen LogP contribution in [0.4, 0.5) is 4.79 Å². The van der Waals surface area contributed by atoms with Crippen LogP contribution in [0.15, 0.2) is 18.2 Å². The van der Waals surface area contributed by atoms with Gasteiger partial charge in [-0.1, -0.05) is 55.8 Å². The number of amides is 2. The molecular weight excluding hydrogens is 474 g/mol. The number of methoxy groups -OCH3 is 1. The Morgan fingerprint density at radius 3 is 2.72 bits per heavy atom. The first-order valence-corrected chi connectivity index (χ1v) is 14.4. The minimum absolute atomic E-state index is 0.000286. The van der Waals surface area contributed by atoms with Crippen LogP contribution in [-0.4, -0.2) is 62.5 Å². The summed E-state index contributed by atoms with van der Waals surface area (Å²) in [4.78, 5) is 15.4. The molecule has 3 atom stereocenters. The van der Waals surface area contributed by atoms with Crippen molar-refractivity contribution >= 4 is 17.6 Å². The van der Waals surface area contributed by atoms with Crippen LogP contribution in [0, 0.1) is 18.8 Å². The molecule has 1 saturated heterocycles. The Morgan fingerprint density at radius 2 is 2.00 bits per heavy atom. The van der Waals surface area contributed by atoms with Crippen molar-refractivity contribution in [1.29, 1.82) is 0 Å². The van der Waals surface area contributed by atoms with Crippen molar-refractivity contribution in [2.24, 2.45) is 11.8 Å². The van der Waals surface area contributed by atoms with Gasteiger partial charge in [0.25, 0.3) is 0 Å². The molecule has 1 aliphatic carbocycles. The van der Waals surface area contributed by atoms with Crippen molar-refractivity contribution in [2.45, 2.75) is 89.2 Å². The number of halogens is 1. The van der Waals surface area contributed by atoms with E-state index in [1.165, 1.54) is 32.1 Å². The van der Waals surface area contributed by atoms with Crippen molar-refractivity contribution in [2.75, 3.05) is 40.4 Å². The number of carbonyl (C=O) groups excluding carboxylic acids is 1. The Morgan fingerprint density at radius 1 is 1.22 bits per heavy atom. The third-order valence-electron chi connectivity index (χ3n) is 8.40. The van der Waals surface area contributed by atoms with Gasteiger partial charge < -0.3 is 25.4 Å². The molecule has 0 aromatic heterocycles. The summed E-state index contributed by atoms with van der Waals surface area (Å²) >= 11 is 6.48. The number of likely N-dealkylation sites (tertiary alicyclic amines) is 1. The number of rotatable bonds is 12. The van der Waals surface area contributed by atoms with Gasteiger partial charge >= 0.3 is 6.03 Å². The third-order valence-corrected chi connectivity index (χ3v) is 8.80. The molecule has 6 nitrogen and oxygen atoms in total.